The van der Waals surface area contributed by atoms with E-state index in [1.54, 1.807) is 72.4 Å². The predicted molar refractivity (Wildman–Crippen MR) is 374 cm³/mol. The molecule has 0 aliphatic carbocycles. The van der Waals surface area contributed by atoms with Crippen molar-refractivity contribution in [3.8, 4) is 0 Å². The van der Waals surface area contributed by atoms with Gasteiger partial charge in [-0.25, -0.2) is 4.79 Å². The lowest BCUT2D eigenvalue weighted by Crippen LogP contribution is -2.64. The van der Waals surface area contributed by atoms with Gasteiger partial charge >= 0.3 is 6.09 Å². The largest absolute Gasteiger partial charge is 0.447 e. The summed E-state index contributed by atoms with van der Waals surface area (Å²) in [6.45, 7) is 31.0. The van der Waals surface area contributed by atoms with E-state index >= 15 is 24.0 Å². The second kappa shape index (κ2) is 40.3. The molecule has 2 aliphatic rings. The number of piperazine rings is 1. The molecule has 0 saturated carbocycles. The molecule has 28 nitrogen and oxygen atoms in total. The van der Waals surface area contributed by atoms with Crippen LogP contribution in [0.2, 0.25) is 0 Å². The van der Waals surface area contributed by atoms with E-state index in [1.165, 1.54) is 89.7 Å². The van der Waals surface area contributed by atoms with Crippen molar-refractivity contribution >= 4 is 71.1 Å². The summed E-state index contributed by atoms with van der Waals surface area (Å²) in [7, 11) is 11.7. The van der Waals surface area contributed by atoms with Crippen molar-refractivity contribution in [2.24, 2.45) is 41.4 Å². The van der Waals surface area contributed by atoms with E-state index in [0.29, 0.717) is 26.2 Å². The number of nitrogens with zero attached hydrogens (tertiary/aromatic N) is 9. The average molecular weight is 1390 g/mol. The second-order valence-corrected chi connectivity index (χ2v) is 29.2. The van der Waals surface area contributed by atoms with Crippen molar-refractivity contribution in [3.63, 3.8) is 0 Å². The van der Waals surface area contributed by atoms with E-state index in [4.69, 9.17) is 9.47 Å². The first-order valence-corrected chi connectivity index (χ1v) is 35.1. The summed E-state index contributed by atoms with van der Waals surface area (Å²) in [5, 5.41) is 23.3. The Bertz CT molecular complexity index is 2720. The Balaban J connectivity index is 3.00. The fourth-order valence-corrected chi connectivity index (χ4v) is 12.4. The van der Waals surface area contributed by atoms with Gasteiger partial charge in [0.2, 0.25) is 65.0 Å². The molecule has 0 aromatic carbocycles. The van der Waals surface area contributed by atoms with Crippen molar-refractivity contribution in [2.75, 3.05) is 102 Å². The maximum Gasteiger partial charge on any atom is 0.409 e. The molecule has 28 heteroatoms. The predicted octanol–water partition coefficient (Wildman–Crippen LogP) is 2.65. The maximum absolute atomic E-state index is 15.3. The number of allylic oxidation sites excluding steroid dienone is 2. The van der Waals surface area contributed by atoms with Crippen molar-refractivity contribution in [1.29, 1.82) is 0 Å². The number of carbonyl (C=O) groups is 12. The lowest BCUT2D eigenvalue weighted by molar-refractivity contribution is -0.157. The van der Waals surface area contributed by atoms with Crippen molar-refractivity contribution in [3.05, 3.63) is 12.2 Å². The van der Waals surface area contributed by atoms with Gasteiger partial charge in [0.1, 0.15) is 73.1 Å². The van der Waals surface area contributed by atoms with E-state index in [-0.39, 0.29) is 69.7 Å². The number of likely N-dealkylation sites (N-methyl/N-ethyl adjacent to an activating group) is 8. The third kappa shape index (κ3) is 24.2. The molecule has 14 atom stereocenters. The minimum absolute atomic E-state index is 0.0342. The molecule has 98 heavy (non-hydrogen) atoms. The lowest BCUT2D eigenvalue weighted by Gasteiger charge is -2.41. The van der Waals surface area contributed by atoms with Crippen LogP contribution in [0.5, 0.6) is 0 Å². The Morgan fingerprint density at radius 1 is 0.500 bits per heavy atom. The van der Waals surface area contributed by atoms with Crippen LogP contribution in [0, 0.1) is 41.4 Å². The fraction of sp³-hybridized carbons (Fsp3) is 0.800. The van der Waals surface area contributed by atoms with Gasteiger partial charge in [0.05, 0.1) is 19.3 Å². The number of nitrogens with one attached hydrogen (secondary N) is 4. The molecule has 2 saturated heterocycles. The molecule has 0 radical (unpaired) electrons. The highest BCUT2D eigenvalue weighted by molar-refractivity contribution is 6.00. The number of aliphatic hydroxyl groups excluding tert-OH is 1. The highest BCUT2D eigenvalue weighted by Crippen LogP contribution is 2.26. The number of hydrogen-bond donors (Lipinski definition) is 5. The van der Waals surface area contributed by atoms with Crippen LogP contribution >= 0.6 is 0 Å². The van der Waals surface area contributed by atoms with Crippen LogP contribution in [0.4, 0.5) is 4.79 Å². The minimum Gasteiger partial charge on any atom is -0.447 e. The number of carbonyl (C=O) groups excluding carboxylic acids is 12. The van der Waals surface area contributed by atoms with Gasteiger partial charge < -0.3 is 79.9 Å². The lowest BCUT2D eigenvalue weighted by atomic mass is 9.91. The first kappa shape index (κ1) is 87.1. The highest BCUT2D eigenvalue weighted by atomic mass is 16.6. The first-order valence-electron chi connectivity index (χ1n) is 35.1. The molecule has 560 valence electrons. The molecule has 2 aliphatic heterocycles. The molecule has 0 aromatic rings. The van der Waals surface area contributed by atoms with Crippen LogP contribution < -0.4 is 21.3 Å². The zero-order valence-electron chi connectivity index (χ0n) is 63.8. The quantitative estimate of drug-likeness (QED) is 0.0917. The van der Waals surface area contributed by atoms with Gasteiger partial charge in [-0.3, -0.25) is 52.7 Å². The second-order valence-electron chi connectivity index (χ2n) is 29.2. The Hall–Kier alpha value is -6.94. The van der Waals surface area contributed by atoms with Crippen LogP contribution in [0.1, 0.15) is 150 Å². The first-order chi connectivity index (χ1) is 45.5. The number of aliphatic hydroxyl groups is 1. The van der Waals surface area contributed by atoms with Crippen molar-refractivity contribution < 1.29 is 72.1 Å². The Kier molecular flexibility index (Phi) is 35.9. The monoisotopic (exact) mass is 1390 g/mol. The van der Waals surface area contributed by atoms with Gasteiger partial charge in [-0.05, 0) is 102 Å². The Morgan fingerprint density at radius 3 is 1.47 bits per heavy atom. The third-order valence-corrected chi connectivity index (χ3v) is 18.9. The van der Waals surface area contributed by atoms with Crippen LogP contribution in [0.3, 0.4) is 0 Å². The van der Waals surface area contributed by atoms with Crippen LogP contribution in [0.15, 0.2) is 12.2 Å². The van der Waals surface area contributed by atoms with Crippen LogP contribution in [0.25, 0.3) is 0 Å². The van der Waals surface area contributed by atoms with E-state index in [1.807, 2.05) is 48.6 Å². The van der Waals surface area contributed by atoms with Gasteiger partial charge in [0.15, 0.2) is 0 Å². The summed E-state index contributed by atoms with van der Waals surface area (Å²) >= 11 is 0. The van der Waals surface area contributed by atoms with Gasteiger partial charge in [0, 0.05) is 81.4 Å². The fourth-order valence-electron chi connectivity index (χ4n) is 12.4. The highest BCUT2D eigenvalue weighted by Gasteiger charge is 2.46. The summed E-state index contributed by atoms with van der Waals surface area (Å²) in [5.41, 5.74) is 0. The number of ether oxygens (including phenoxy) is 2. The Morgan fingerprint density at radius 2 is 0.969 bits per heavy atom. The summed E-state index contributed by atoms with van der Waals surface area (Å²) < 4.78 is 11.5. The van der Waals surface area contributed by atoms with Gasteiger partial charge in [-0.2, -0.15) is 0 Å². The summed E-state index contributed by atoms with van der Waals surface area (Å²) in [5.74, 6) is -11.2. The minimum atomic E-state index is -1.66. The zero-order valence-corrected chi connectivity index (χ0v) is 63.8. The van der Waals surface area contributed by atoms with Gasteiger partial charge in [0.25, 0.3) is 0 Å². The number of hydrogen-bond acceptors (Lipinski definition) is 16. The maximum atomic E-state index is 15.3. The van der Waals surface area contributed by atoms with Gasteiger partial charge in [-0.1, -0.05) is 102 Å². The van der Waals surface area contributed by atoms with E-state index in [0.717, 1.165) is 14.7 Å². The molecule has 5 N–H and O–H groups in total. The van der Waals surface area contributed by atoms with Crippen LogP contribution in [-0.2, 0) is 62.2 Å². The molecular weight excluding hydrogens is 1260 g/mol. The topological polar surface area (TPSA) is 321 Å². The third-order valence-electron chi connectivity index (χ3n) is 18.9. The smallest absolute Gasteiger partial charge is 0.409 e. The molecule has 12 amide bonds. The SMILES string of the molecule is C/C=C/C[C@@H](C)[C@@H](O)C1C(=O)N[C@@H](CC)C(=O)N(C)[C@H](C)C(=O)N(C)[C@@H]([C@H](C)COCCOC(=O)N2CCN(C)CC2)C(=O)N[C@@H](C(C)C)C(=O)N(C)C(CC(C)C)C(=O)N[C@@H](C)C(=O)N[C@H](C)C(=O)N(C)[C@@H](CC(C)C)C(=O)N(C)[C@@H](CC(C)C)C(=O)N(C)[C@@H](C(C)C)C(=O)N1C. The van der Waals surface area contributed by atoms with E-state index in [2.05, 4.69) is 26.2 Å². The zero-order chi connectivity index (χ0) is 75.2. The molecular formula is C70H125N13O15. The standard InChI is InChI=1S/C70H125N13O15/c1-26-28-29-45(13)58(84)57-62(88)73-50(27-2)65(91)76(19)49(17)64(90)81(24)56(46(14)39-97-34-35-98-70(96)83-32-30-75(18)31-33-83)61(87)74-54(43(9)10)68(94)77(20)51(36-40(3)4)60(86)71-47(15)59(85)72-48(16)63(89)78(21)52(37-41(5)6)66(92)79(22)53(38-42(7)8)67(93)80(23)55(44(11)12)69(95)82(57)25/h26,28,40-58,84H,27,29-39H2,1-25H3,(H,71,86)(H,72,85)(H,73,88)(H,74,87)/b28-26+/t45-,46-,47+,48-,49-,50+,51?,52+,53+,54+,55+,56+,57?,58-/m1/s1. The summed E-state index contributed by atoms with van der Waals surface area (Å²) in [6.07, 6.45) is 2.14. The average Bonchev–Trinajstić information content (AvgIpc) is 0.810. The van der Waals surface area contributed by atoms with E-state index < -0.39 is 167 Å². The molecule has 2 unspecified atom stereocenters. The van der Waals surface area contributed by atoms with Gasteiger partial charge in [-0.15, -0.1) is 0 Å². The molecule has 0 bridgehead atoms. The Labute approximate surface area is 584 Å². The number of amides is 12. The summed E-state index contributed by atoms with van der Waals surface area (Å²) in [6, 6.07) is -14.4. The molecule has 0 aromatic heterocycles. The number of rotatable bonds is 19. The van der Waals surface area contributed by atoms with Crippen LogP contribution in [-0.4, -0.2) is 295 Å². The summed E-state index contributed by atoms with van der Waals surface area (Å²) in [4.78, 5) is 188. The molecule has 0 spiro atoms. The van der Waals surface area contributed by atoms with Crippen molar-refractivity contribution in [2.45, 2.75) is 222 Å². The molecule has 2 heterocycles. The molecule has 2 rings (SSSR count). The van der Waals surface area contributed by atoms with Crippen molar-refractivity contribution in [1.82, 2.24) is 65.4 Å². The van der Waals surface area contributed by atoms with E-state index in [9.17, 15) is 38.7 Å². The molecule has 2 fully saturated rings. The normalized spacial score (nSPS) is 27.1.